The van der Waals surface area contributed by atoms with Crippen molar-refractivity contribution in [2.24, 2.45) is 0 Å². The molecule has 1 amide bonds. The van der Waals surface area contributed by atoms with Crippen molar-refractivity contribution in [3.63, 3.8) is 0 Å². The molecule has 7 nitrogen and oxygen atoms in total. The Kier molecular flexibility index (Phi) is 5.02. The summed E-state index contributed by atoms with van der Waals surface area (Å²) < 4.78 is 4.67. The molecule has 114 valence electrons. The number of esters is 1. The number of nitrogens with zero attached hydrogens (tertiary/aromatic N) is 2. The van der Waals surface area contributed by atoms with E-state index in [1.54, 1.807) is 0 Å². The van der Waals surface area contributed by atoms with E-state index in [1.807, 2.05) is 30.3 Å². The summed E-state index contributed by atoms with van der Waals surface area (Å²) in [6, 6.07) is 8.58. The third kappa shape index (κ3) is 3.78. The maximum atomic E-state index is 12.3. The molecule has 2 rings (SSSR count). The van der Waals surface area contributed by atoms with E-state index < -0.39 is 17.9 Å². The van der Waals surface area contributed by atoms with Gasteiger partial charge in [-0.3, -0.25) is 9.59 Å². The fraction of sp³-hybridized carbons (Fsp3) is 0.200. The van der Waals surface area contributed by atoms with Crippen molar-refractivity contribution >= 4 is 17.7 Å². The molecular formula is C15H16N4O3. The molecule has 1 unspecified atom stereocenters. The molecule has 0 saturated carbocycles. The lowest BCUT2D eigenvalue weighted by atomic mass is 10.0. The number of ether oxygens (including phenoxy) is 1. The maximum absolute atomic E-state index is 12.3. The molecule has 0 spiro atoms. The monoisotopic (exact) mass is 300 g/mol. The largest absolute Gasteiger partial charge is 0.469 e. The normalized spacial score (nSPS) is 11.5. The van der Waals surface area contributed by atoms with Crippen molar-refractivity contribution in [1.82, 2.24) is 15.3 Å². The highest BCUT2D eigenvalue weighted by Crippen LogP contribution is 2.18. The molecule has 1 heterocycles. The number of benzene rings is 1. The summed E-state index contributed by atoms with van der Waals surface area (Å²) in [5.74, 6) is -0.894. The van der Waals surface area contributed by atoms with Crippen LogP contribution in [0.1, 0.15) is 28.5 Å². The SMILES string of the molecule is COC(=O)CC(NC(=O)c1nccnc1N)c1ccccc1. The van der Waals surface area contributed by atoms with Gasteiger partial charge >= 0.3 is 5.97 Å². The molecule has 2 aromatic rings. The topological polar surface area (TPSA) is 107 Å². The zero-order valence-corrected chi connectivity index (χ0v) is 12.0. The van der Waals surface area contributed by atoms with Crippen LogP contribution in [-0.2, 0) is 9.53 Å². The number of nitrogen functional groups attached to an aromatic ring is 1. The fourth-order valence-electron chi connectivity index (χ4n) is 1.94. The molecule has 3 N–H and O–H groups in total. The first kappa shape index (κ1) is 15.4. The van der Waals surface area contributed by atoms with Crippen LogP contribution in [0, 0.1) is 0 Å². The van der Waals surface area contributed by atoms with Crippen LogP contribution < -0.4 is 11.1 Å². The lowest BCUT2D eigenvalue weighted by Gasteiger charge is -2.18. The number of carbonyl (C=O) groups is 2. The lowest BCUT2D eigenvalue weighted by Crippen LogP contribution is -2.31. The third-order valence-corrected chi connectivity index (χ3v) is 3.05. The second-order valence-electron chi connectivity index (χ2n) is 4.51. The predicted molar refractivity (Wildman–Crippen MR) is 79.7 cm³/mol. The Morgan fingerprint density at radius 1 is 1.23 bits per heavy atom. The molecule has 1 atom stereocenters. The van der Waals surface area contributed by atoms with Gasteiger partial charge in [-0.15, -0.1) is 0 Å². The number of nitrogens with two attached hydrogens (primary N) is 1. The van der Waals surface area contributed by atoms with Gasteiger partial charge in [-0.1, -0.05) is 30.3 Å². The molecule has 1 aromatic carbocycles. The Bertz CT molecular complexity index is 661. The minimum absolute atomic E-state index is 0.00637. The fourth-order valence-corrected chi connectivity index (χ4v) is 1.94. The van der Waals surface area contributed by atoms with Crippen LogP contribution in [0.15, 0.2) is 42.7 Å². The van der Waals surface area contributed by atoms with Crippen LogP contribution in [-0.4, -0.2) is 29.0 Å². The van der Waals surface area contributed by atoms with E-state index in [0.717, 1.165) is 5.56 Å². The van der Waals surface area contributed by atoms with Gasteiger partial charge in [-0.25, -0.2) is 9.97 Å². The number of aromatic nitrogens is 2. The molecule has 1 aromatic heterocycles. The van der Waals surface area contributed by atoms with E-state index in [9.17, 15) is 9.59 Å². The van der Waals surface area contributed by atoms with Crippen LogP contribution in [0.4, 0.5) is 5.82 Å². The van der Waals surface area contributed by atoms with Gasteiger partial charge in [-0.2, -0.15) is 0 Å². The van der Waals surface area contributed by atoms with E-state index in [-0.39, 0.29) is 17.9 Å². The molecule has 0 bridgehead atoms. The van der Waals surface area contributed by atoms with Gasteiger partial charge in [-0.05, 0) is 5.56 Å². The Hall–Kier alpha value is -2.96. The minimum atomic E-state index is -0.539. The highest BCUT2D eigenvalue weighted by Gasteiger charge is 2.21. The molecule has 0 aliphatic heterocycles. The van der Waals surface area contributed by atoms with E-state index in [1.165, 1.54) is 19.5 Å². The van der Waals surface area contributed by atoms with Crippen molar-refractivity contribution in [3.8, 4) is 0 Å². The molecule has 22 heavy (non-hydrogen) atoms. The van der Waals surface area contributed by atoms with E-state index in [2.05, 4.69) is 20.0 Å². The van der Waals surface area contributed by atoms with Gasteiger partial charge in [0.25, 0.3) is 5.91 Å². The Balaban J connectivity index is 2.21. The summed E-state index contributed by atoms with van der Waals surface area (Å²) in [7, 11) is 1.30. The number of carbonyl (C=O) groups excluding carboxylic acids is 2. The molecule has 0 radical (unpaired) electrons. The smallest absolute Gasteiger partial charge is 0.307 e. The average Bonchev–Trinajstić information content (AvgIpc) is 2.55. The molecule has 0 saturated heterocycles. The van der Waals surface area contributed by atoms with Gasteiger partial charge in [0.2, 0.25) is 0 Å². The predicted octanol–water partition coefficient (Wildman–Crippen LogP) is 1.09. The molecule has 0 aliphatic carbocycles. The molecule has 0 fully saturated rings. The summed E-state index contributed by atoms with van der Waals surface area (Å²) >= 11 is 0. The van der Waals surface area contributed by atoms with Crippen LogP contribution in [0.2, 0.25) is 0 Å². The van der Waals surface area contributed by atoms with E-state index in [4.69, 9.17) is 5.73 Å². The van der Waals surface area contributed by atoms with Gasteiger partial charge in [0, 0.05) is 12.4 Å². The number of methoxy groups -OCH3 is 1. The summed E-state index contributed by atoms with van der Waals surface area (Å²) in [4.78, 5) is 31.6. The summed E-state index contributed by atoms with van der Waals surface area (Å²) in [6.07, 6.45) is 2.78. The zero-order valence-electron chi connectivity index (χ0n) is 12.0. The third-order valence-electron chi connectivity index (χ3n) is 3.05. The van der Waals surface area contributed by atoms with Crippen molar-refractivity contribution in [2.45, 2.75) is 12.5 Å². The standard InChI is InChI=1S/C15H16N4O3/c1-22-12(20)9-11(10-5-3-2-4-6-10)19-15(21)13-14(16)18-8-7-17-13/h2-8,11H,9H2,1H3,(H2,16,18)(H,19,21). The number of rotatable bonds is 5. The highest BCUT2D eigenvalue weighted by molar-refractivity contribution is 5.96. The van der Waals surface area contributed by atoms with Crippen molar-refractivity contribution in [3.05, 3.63) is 54.0 Å². The number of anilines is 1. The molecular weight excluding hydrogens is 284 g/mol. The van der Waals surface area contributed by atoms with Crippen LogP contribution in [0.25, 0.3) is 0 Å². The quantitative estimate of drug-likeness (QED) is 0.800. The van der Waals surface area contributed by atoms with Gasteiger partial charge < -0.3 is 15.8 Å². The summed E-state index contributed by atoms with van der Waals surface area (Å²) in [5, 5.41) is 2.73. The van der Waals surface area contributed by atoms with Gasteiger partial charge in [0.1, 0.15) is 0 Å². The lowest BCUT2D eigenvalue weighted by molar-refractivity contribution is -0.141. The number of nitrogens with one attached hydrogen (secondary N) is 1. The van der Waals surface area contributed by atoms with Crippen molar-refractivity contribution in [1.29, 1.82) is 0 Å². The second-order valence-corrected chi connectivity index (χ2v) is 4.51. The summed E-state index contributed by atoms with van der Waals surface area (Å²) in [6.45, 7) is 0. The molecule has 0 aliphatic rings. The average molecular weight is 300 g/mol. The summed E-state index contributed by atoms with van der Waals surface area (Å²) in [5.41, 5.74) is 6.44. The minimum Gasteiger partial charge on any atom is -0.469 e. The van der Waals surface area contributed by atoms with Gasteiger partial charge in [0.15, 0.2) is 11.5 Å². The number of amides is 1. The highest BCUT2D eigenvalue weighted by atomic mass is 16.5. The first-order chi connectivity index (χ1) is 10.6. The van der Waals surface area contributed by atoms with Crippen LogP contribution in [0.5, 0.6) is 0 Å². The van der Waals surface area contributed by atoms with Gasteiger partial charge in [0.05, 0.1) is 19.6 Å². The van der Waals surface area contributed by atoms with Crippen molar-refractivity contribution < 1.29 is 14.3 Å². The first-order valence-electron chi connectivity index (χ1n) is 6.61. The zero-order chi connectivity index (χ0) is 15.9. The van der Waals surface area contributed by atoms with E-state index in [0.29, 0.717) is 0 Å². The molecule has 7 heteroatoms. The Labute approximate surface area is 127 Å². The number of hydrogen-bond acceptors (Lipinski definition) is 6. The Morgan fingerprint density at radius 3 is 2.55 bits per heavy atom. The number of hydrogen-bond donors (Lipinski definition) is 2. The van der Waals surface area contributed by atoms with Crippen LogP contribution >= 0.6 is 0 Å². The van der Waals surface area contributed by atoms with E-state index >= 15 is 0 Å². The Morgan fingerprint density at radius 2 is 1.91 bits per heavy atom. The second kappa shape index (κ2) is 7.16. The first-order valence-corrected chi connectivity index (χ1v) is 6.61. The van der Waals surface area contributed by atoms with Crippen molar-refractivity contribution in [2.75, 3.05) is 12.8 Å². The van der Waals surface area contributed by atoms with Crippen LogP contribution in [0.3, 0.4) is 0 Å². The maximum Gasteiger partial charge on any atom is 0.307 e.